The Labute approximate surface area is 115 Å². The number of aromatic carboxylic acids is 1. The average Bonchev–Trinajstić information content (AvgIpc) is 2.87. The van der Waals surface area contributed by atoms with Crippen LogP contribution >= 0.6 is 11.3 Å². The molecule has 0 spiro atoms. The number of thiazole rings is 1. The third-order valence-electron chi connectivity index (χ3n) is 3.46. The number of hydrogen-bond acceptors (Lipinski definition) is 5. The number of hydrogen-bond donors (Lipinski definition) is 1. The maximum absolute atomic E-state index is 12.2. The third-order valence-corrected chi connectivity index (χ3v) is 4.29. The van der Waals surface area contributed by atoms with Crippen molar-refractivity contribution in [2.24, 2.45) is 0 Å². The molecular weight excluding hydrogens is 266 g/mol. The van der Waals surface area contributed by atoms with Crippen LogP contribution in [0.15, 0.2) is 5.38 Å². The van der Waals surface area contributed by atoms with Crippen molar-refractivity contribution in [2.75, 3.05) is 27.2 Å². The fraction of sp³-hybridized carbons (Fsp3) is 0.583. The lowest BCUT2D eigenvalue weighted by Crippen LogP contribution is -2.44. The molecule has 0 atom stereocenters. The summed E-state index contributed by atoms with van der Waals surface area (Å²) >= 11 is 1.09. The number of piperidine rings is 1. The van der Waals surface area contributed by atoms with Crippen LogP contribution in [0.2, 0.25) is 0 Å². The molecule has 7 heteroatoms. The second kappa shape index (κ2) is 5.66. The topological polar surface area (TPSA) is 73.7 Å². The van der Waals surface area contributed by atoms with Crippen molar-refractivity contribution < 1.29 is 14.7 Å². The summed E-state index contributed by atoms with van der Waals surface area (Å²) in [5, 5.41) is 10.5. The summed E-state index contributed by atoms with van der Waals surface area (Å²) in [5.74, 6) is -1.29. The van der Waals surface area contributed by atoms with Gasteiger partial charge in [0.15, 0.2) is 10.7 Å². The van der Waals surface area contributed by atoms with Gasteiger partial charge in [-0.25, -0.2) is 9.78 Å². The van der Waals surface area contributed by atoms with Gasteiger partial charge in [-0.3, -0.25) is 4.79 Å². The van der Waals surface area contributed by atoms with Crippen molar-refractivity contribution in [2.45, 2.75) is 18.9 Å². The first-order chi connectivity index (χ1) is 8.99. The second-order valence-corrected chi connectivity index (χ2v) is 5.65. The predicted octanol–water partition coefficient (Wildman–Crippen LogP) is 1.01. The number of rotatable bonds is 3. The summed E-state index contributed by atoms with van der Waals surface area (Å²) in [7, 11) is 3.83. The fourth-order valence-electron chi connectivity index (χ4n) is 2.17. The van der Waals surface area contributed by atoms with Crippen molar-refractivity contribution in [3.63, 3.8) is 0 Å². The Hall–Kier alpha value is -1.47. The summed E-state index contributed by atoms with van der Waals surface area (Å²) < 4.78 is 0. The Morgan fingerprint density at radius 1 is 1.47 bits per heavy atom. The van der Waals surface area contributed by atoms with E-state index in [2.05, 4.69) is 16.9 Å². The molecule has 1 aromatic heterocycles. The molecule has 1 aliphatic rings. The second-order valence-electron chi connectivity index (χ2n) is 4.79. The van der Waals surface area contributed by atoms with Crippen molar-refractivity contribution in [3.8, 4) is 0 Å². The molecule has 2 rings (SSSR count). The van der Waals surface area contributed by atoms with Crippen LogP contribution < -0.4 is 0 Å². The Bertz CT molecular complexity index is 480. The Kier molecular flexibility index (Phi) is 4.16. The van der Waals surface area contributed by atoms with E-state index in [0.29, 0.717) is 0 Å². The third kappa shape index (κ3) is 3.10. The zero-order valence-electron chi connectivity index (χ0n) is 11.0. The van der Waals surface area contributed by atoms with Crippen LogP contribution in [0.3, 0.4) is 0 Å². The molecule has 104 valence electrons. The molecule has 1 N–H and O–H groups in total. The summed E-state index contributed by atoms with van der Waals surface area (Å²) in [6, 6.07) is 0.209. The minimum atomic E-state index is -1.10. The zero-order valence-corrected chi connectivity index (χ0v) is 11.8. The lowest BCUT2D eigenvalue weighted by molar-refractivity contribution is 0.0658. The van der Waals surface area contributed by atoms with Crippen molar-refractivity contribution in [1.29, 1.82) is 0 Å². The quantitative estimate of drug-likeness (QED) is 0.896. The van der Waals surface area contributed by atoms with Gasteiger partial charge in [0.1, 0.15) is 0 Å². The summed E-state index contributed by atoms with van der Waals surface area (Å²) in [6.07, 6.45) is 1.88. The Morgan fingerprint density at radius 2 is 2.11 bits per heavy atom. The standard InChI is InChI=1S/C12H17N3O3S/c1-14-5-3-8(4-6-14)15(2)11(16)10-13-9(7-19-10)12(17)18/h7-8H,3-6H2,1-2H3,(H,17,18). The highest BCUT2D eigenvalue weighted by Gasteiger charge is 2.26. The summed E-state index contributed by atoms with van der Waals surface area (Å²) in [4.78, 5) is 30.8. The normalized spacial score (nSPS) is 17.4. The first kappa shape index (κ1) is 14.0. The van der Waals surface area contributed by atoms with Gasteiger partial charge >= 0.3 is 5.97 Å². The van der Waals surface area contributed by atoms with Crippen LogP contribution in [0.1, 0.15) is 33.1 Å². The molecule has 0 unspecified atom stereocenters. The molecule has 1 fully saturated rings. The van der Waals surface area contributed by atoms with Crippen LogP contribution in [0.4, 0.5) is 0 Å². The molecule has 0 bridgehead atoms. The van der Waals surface area contributed by atoms with Gasteiger partial charge in [0.25, 0.3) is 5.91 Å². The van der Waals surface area contributed by atoms with Gasteiger partial charge in [0.05, 0.1) is 0 Å². The molecule has 19 heavy (non-hydrogen) atoms. The first-order valence-corrected chi connectivity index (χ1v) is 7.01. The van der Waals surface area contributed by atoms with Crippen LogP contribution in [0.25, 0.3) is 0 Å². The van der Waals surface area contributed by atoms with Gasteiger partial charge in [-0.2, -0.15) is 0 Å². The van der Waals surface area contributed by atoms with E-state index < -0.39 is 5.97 Å². The van der Waals surface area contributed by atoms with Gasteiger partial charge in [-0.05, 0) is 33.0 Å². The largest absolute Gasteiger partial charge is 0.476 e. The Morgan fingerprint density at radius 3 is 2.63 bits per heavy atom. The molecule has 0 aromatic carbocycles. The van der Waals surface area contributed by atoms with Gasteiger partial charge in [-0.1, -0.05) is 0 Å². The number of amides is 1. The number of carbonyl (C=O) groups excluding carboxylic acids is 1. The highest BCUT2D eigenvalue weighted by atomic mass is 32.1. The van der Waals surface area contributed by atoms with E-state index in [0.717, 1.165) is 37.3 Å². The zero-order chi connectivity index (χ0) is 14.0. The monoisotopic (exact) mass is 283 g/mol. The molecule has 1 aromatic rings. The minimum Gasteiger partial charge on any atom is -0.476 e. The van der Waals surface area contributed by atoms with E-state index in [1.54, 1.807) is 11.9 Å². The van der Waals surface area contributed by atoms with Crippen LogP contribution in [0.5, 0.6) is 0 Å². The number of carboxylic acid groups (broad SMARTS) is 1. The number of likely N-dealkylation sites (tertiary alicyclic amines) is 1. The number of carbonyl (C=O) groups is 2. The maximum atomic E-state index is 12.2. The fourth-order valence-corrected chi connectivity index (χ4v) is 2.94. The minimum absolute atomic E-state index is 0.0647. The molecule has 1 amide bonds. The number of nitrogens with zero attached hydrogens (tertiary/aromatic N) is 3. The van der Waals surface area contributed by atoms with Gasteiger partial charge in [0.2, 0.25) is 0 Å². The van der Waals surface area contributed by atoms with Gasteiger partial charge < -0.3 is 14.9 Å². The molecule has 0 aliphatic carbocycles. The molecular formula is C12H17N3O3S. The van der Waals surface area contributed by atoms with Gasteiger partial charge in [-0.15, -0.1) is 11.3 Å². The van der Waals surface area contributed by atoms with E-state index in [-0.39, 0.29) is 22.7 Å². The highest BCUT2D eigenvalue weighted by Crippen LogP contribution is 2.18. The number of carboxylic acids is 1. The smallest absolute Gasteiger partial charge is 0.355 e. The molecule has 1 saturated heterocycles. The highest BCUT2D eigenvalue weighted by molar-refractivity contribution is 7.11. The van der Waals surface area contributed by atoms with E-state index >= 15 is 0 Å². The molecule has 2 heterocycles. The lowest BCUT2D eigenvalue weighted by Gasteiger charge is -2.34. The molecule has 1 aliphatic heterocycles. The van der Waals surface area contributed by atoms with Crippen LogP contribution in [-0.2, 0) is 0 Å². The van der Waals surface area contributed by atoms with Crippen molar-refractivity contribution in [1.82, 2.24) is 14.8 Å². The van der Waals surface area contributed by atoms with E-state index in [1.807, 2.05) is 0 Å². The van der Waals surface area contributed by atoms with Crippen molar-refractivity contribution >= 4 is 23.2 Å². The molecule has 0 saturated carbocycles. The van der Waals surface area contributed by atoms with Crippen LogP contribution in [-0.4, -0.2) is 65.0 Å². The molecule has 0 radical (unpaired) electrons. The predicted molar refractivity (Wildman–Crippen MR) is 71.7 cm³/mol. The van der Waals surface area contributed by atoms with Gasteiger partial charge in [0, 0.05) is 18.5 Å². The lowest BCUT2D eigenvalue weighted by atomic mass is 10.0. The summed E-state index contributed by atoms with van der Waals surface area (Å²) in [6.45, 7) is 1.95. The van der Waals surface area contributed by atoms with Crippen molar-refractivity contribution in [3.05, 3.63) is 16.1 Å². The molecule has 6 nitrogen and oxygen atoms in total. The number of aromatic nitrogens is 1. The maximum Gasteiger partial charge on any atom is 0.355 e. The first-order valence-electron chi connectivity index (χ1n) is 6.13. The average molecular weight is 283 g/mol. The SMILES string of the molecule is CN1CCC(N(C)C(=O)c2nc(C(=O)O)cs2)CC1. The van der Waals surface area contributed by atoms with E-state index in [1.165, 1.54) is 5.38 Å². The van der Waals surface area contributed by atoms with E-state index in [9.17, 15) is 9.59 Å². The Balaban J connectivity index is 2.03. The van der Waals surface area contributed by atoms with Crippen LogP contribution in [0, 0.1) is 0 Å². The summed E-state index contributed by atoms with van der Waals surface area (Å²) in [5.41, 5.74) is -0.0647. The van der Waals surface area contributed by atoms with E-state index in [4.69, 9.17) is 5.11 Å².